The molecule has 0 saturated heterocycles. The molecule has 108 valence electrons. The molecule has 0 heterocycles. The van der Waals surface area contributed by atoms with E-state index in [1.54, 1.807) is 0 Å². The van der Waals surface area contributed by atoms with Gasteiger partial charge in [0, 0.05) is 17.6 Å². The van der Waals surface area contributed by atoms with Gasteiger partial charge < -0.3 is 5.32 Å². The standard InChI is InChI=1S/C15H13ClN2O3/c1-10-4-2-3-5-11(10)9-17-15(19)13-7-6-12(16)8-14(13)18(20)21/h2-8H,9H2,1H3,(H,17,19). The fourth-order valence-corrected chi connectivity index (χ4v) is 2.09. The Morgan fingerprint density at radius 2 is 2.00 bits per heavy atom. The van der Waals surface area contributed by atoms with Crippen molar-refractivity contribution in [3.8, 4) is 0 Å². The fourth-order valence-electron chi connectivity index (χ4n) is 1.93. The minimum absolute atomic E-state index is 0.00187. The Bertz CT molecular complexity index is 701. The molecule has 0 aliphatic rings. The highest BCUT2D eigenvalue weighted by Crippen LogP contribution is 2.23. The Morgan fingerprint density at radius 1 is 1.29 bits per heavy atom. The van der Waals surface area contributed by atoms with Gasteiger partial charge in [-0.05, 0) is 30.2 Å². The highest BCUT2D eigenvalue weighted by atomic mass is 35.5. The Kier molecular flexibility index (Phi) is 4.55. The van der Waals surface area contributed by atoms with Crippen LogP contribution in [0, 0.1) is 17.0 Å². The summed E-state index contributed by atoms with van der Waals surface area (Å²) in [6.45, 7) is 2.25. The summed E-state index contributed by atoms with van der Waals surface area (Å²) in [5, 5.41) is 13.9. The van der Waals surface area contributed by atoms with E-state index in [-0.39, 0.29) is 16.3 Å². The van der Waals surface area contributed by atoms with Gasteiger partial charge >= 0.3 is 0 Å². The summed E-state index contributed by atoms with van der Waals surface area (Å²) in [5.74, 6) is -0.499. The minimum atomic E-state index is -0.617. The molecule has 0 bridgehead atoms. The summed E-state index contributed by atoms with van der Waals surface area (Å²) >= 11 is 5.72. The fraction of sp³-hybridized carbons (Fsp3) is 0.133. The van der Waals surface area contributed by atoms with Gasteiger partial charge in [0.05, 0.1) is 4.92 Å². The summed E-state index contributed by atoms with van der Waals surface area (Å²) in [6, 6.07) is 11.6. The number of carbonyl (C=O) groups is 1. The quantitative estimate of drug-likeness (QED) is 0.694. The molecule has 0 aromatic heterocycles. The van der Waals surface area contributed by atoms with E-state index in [0.29, 0.717) is 6.54 Å². The van der Waals surface area contributed by atoms with Crippen molar-refractivity contribution in [2.75, 3.05) is 0 Å². The highest BCUT2D eigenvalue weighted by molar-refractivity contribution is 6.31. The topological polar surface area (TPSA) is 72.2 Å². The number of carbonyl (C=O) groups excluding carboxylic acids is 1. The zero-order chi connectivity index (χ0) is 15.4. The molecule has 5 nitrogen and oxygen atoms in total. The molecule has 0 fully saturated rings. The second-order valence-electron chi connectivity index (χ2n) is 4.53. The molecule has 0 aliphatic heterocycles. The zero-order valence-electron chi connectivity index (χ0n) is 11.3. The summed E-state index contributed by atoms with van der Waals surface area (Å²) in [7, 11) is 0. The van der Waals surface area contributed by atoms with Crippen molar-refractivity contribution < 1.29 is 9.72 Å². The van der Waals surface area contributed by atoms with Crippen LogP contribution >= 0.6 is 11.6 Å². The Morgan fingerprint density at radius 3 is 2.67 bits per heavy atom. The molecule has 0 saturated carbocycles. The van der Waals surface area contributed by atoms with Gasteiger partial charge in [0.1, 0.15) is 5.56 Å². The first-order valence-corrected chi connectivity index (χ1v) is 6.63. The molecular weight excluding hydrogens is 292 g/mol. The van der Waals surface area contributed by atoms with E-state index in [4.69, 9.17) is 11.6 Å². The van der Waals surface area contributed by atoms with Gasteiger partial charge in [-0.3, -0.25) is 14.9 Å². The lowest BCUT2D eigenvalue weighted by atomic mass is 10.1. The van der Waals surface area contributed by atoms with Crippen molar-refractivity contribution in [2.45, 2.75) is 13.5 Å². The monoisotopic (exact) mass is 304 g/mol. The van der Waals surface area contributed by atoms with E-state index in [9.17, 15) is 14.9 Å². The molecule has 1 amide bonds. The van der Waals surface area contributed by atoms with Crippen LogP contribution in [-0.2, 0) is 6.54 Å². The second kappa shape index (κ2) is 6.37. The van der Waals surface area contributed by atoms with Gasteiger partial charge in [-0.25, -0.2) is 0 Å². The van der Waals surface area contributed by atoms with Crippen molar-refractivity contribution in [3.05, 3.63) is 74.3 Å². The number of halogens is 1. The summed E-state index contributed by atoms with van der Waals surface area (Å²) in [6.07, 6.45) is 0. The van der Waals surface area contributed by atoms with E-state index in [2.05, 4.69) is 5.32 Å². The average molecular weight is 305 g/mol. The molecule has 0 radical (unpaired) electrons. The smallest absolute Gasteiger partial charge is 0.283 e. The van der Waals surface area contributed by atoms with Crippen molar-refractivity contribution in [1.82, 2.24) is 5.32 Å². The Balaban J connectivity index is 2.18. The van der Waals surface area contributed by atoms with Crippen LogP contribution in [0.25, 0.3) is 0 Å². The summed E-state index contributed by atoms with van der Waals surface area (Å²) in [5.41, 5.74) is 1.70. The van der Waals surface area contributed by atoms with Crippen LogP contribution in [0.1, 0.15) is 21.5 Å². The molecule has 0 spiro atoms. The van der Waals surface area contributed by atoms with E-state index in [0.717, 1.165) is 11.1 Å². The van der Waals surface area contributed by atoms with Crippen LogP contribution in [0.5, 0.6) is 0 Å². The minimum Gasteiger partial charge on any atom is -0.348 e. The number of benzene rings is 2. The van der Waals surface area contributed by atoms with Gasteiger partial charge in [0.2, 0.25) is 0 Å². The molecule has 2 aromatic carbocycles. The normalized spacial score (nSPS) is 10.2. The number of aryl methyl sites for hydroxylation is 1. The number of nitro groups is 1. The molecular formula is C15H13ClN2O3. The van der Waals surface area contributed by atoms with E-state index >= 15 is 0 Å². The number of nitro benzene ring substituents is 1. The second-order valence-corrected chi connectivity index (χ2v) is 4.96. The van der Waals surface area contributed by atoms with Gasteiger partial charge in [0.15, 0.2) is 0 Å². The number of hydrogen-bond donors (Lipinski definition) is 1. The van der Waals surface area contributed by atoms with Gasteiger partial charge in [0.25, 0.3) is 11.6 Å². The lowest BCUT2D eigenvalue weighted by Crippen LogP contribution is -2.24. The first-order chi connectivity index (χ1) is 9.99. The molecule has 21 heavy (non-hydrogen) atoms. The maximum absolute atomic E-state index is 12.1. The molecule has 1 N–H and O–H groups in total. The predicted octanol–water partition coefficient (Wildman–Crippen LogP) is 3.49. The van der Waals surface area contributed by atoms with Crippen molar-refractivity contribution in [1.29, 1.82) is 0 Å². The summed E-state index contributed by atoms with van der Waals surface area (Å²) < 4.78 is 0. The molecule has 6 heteroatoms. The van der Waals surface area contributed by atoms with Crippen LogP contribution in [0.3, 0.4) is 0 Å². The molecule has 0 atom stereocenters. The number of nitrogens with zero attached hydrogens (tertiary/aromatic N) is 1. The van der Waals surface area contributed by atoms with Gasteiger partial charge in [-0.15, -0.1) is 0 Å². The average Bonchev–Trinajstić information content (AvgIpc) is 2.46. The van der Waals surface area contributed by atoms with Crippen molar-refractivity contribution in [3.63, 3.8) is 0 Å². The summed E-state index contributed by atoms with van der Waals surface area (Å²) in [4.78, 5) is 22.5. The predicted molar refractivity (Wildman–Crippen MR) is 80.5 cm³/mol. The third kappa shape index (κ3) is 3.58. The number of rotatable bonds is 4. The highest BCUT2D eigenvalue weighted by Gasteiger charge is 2.20. The van der Waals surface area contributed by atoms with E-state index in [1.165, 1.54) is 18.2 Å². The zero-order valence-corrected chi connectivity index (χ0v) is 12.1. The largest absolute Gasteiger partial charge is 0.348 e. The van der Waals surface area contributed by atoms with Gasteiger partial charge in [-0.1, -0.05) is 35.9 Å². The lowest BCUT2D eigenvalue weighted by Gasteiger charge is -2.08. The number of amides is 1. The first kappa shape index (κ1) is 15.0. The van der Waals surface area contributed by atoms with Crippen LogP contribution in [0.15, 0.2) is 42.5 Å². The molecule has 0 unspecified atom stereocenters. The van der Waals surface area contributed by atoms with Gasteiger partial charge in [-0.2, -0.15) is 0 Å². The molecule has 0 aliphatic carbocycles. The number of hydrogen-bond acceptors (Lipinski definition) is 3. The third-order valence-corrected chi connectivity index (χ3v) is 3.34. The molecule has 2 rings (SSSR count). The lowest BCUT2D eigenvalue weighted by molar-refractivity contribution is -0.385. The molecule has 2 aromatic rings. The van der Waals surface area contributed by atoms with Crippen molar-refractivity contribution >= 4 is 23.2 Å². The van der Waals surface area contributed by atoms with Crippen molar-refractivity contribution in [2.24, 2.45) is 0 Å². The van der Waals surface area contributed by atoms with Crippen LogP contribution in [0.4, 0.5) is 5.69 Å². The van der Waals surface area contributed by atoms with Crippen LogP contribution in [0.2, 0.25) is 5.02 Å². The Hall–Kier alpha value is -2.40. The van der Waals surface area contributed by atoms with E-state index in [1.807, 2.05) is 31.2 Å². The van der Waals surface area contributed by atoms with Crippen LogP contribution < -0.4 is 5.32 Å². The third-order valence-electron chi connectivity index (χ3n) is 3.10. The first-order valence-electron chi connectivity index (χ1n) is 6.25. The maximum atomic E-state index is 12.1. The number of nitrogens with one attached hydrogen (secondary N) is 1. The SMILES string of the molecule is Cc1ccccc1CNC(=O)c1ccc(Cl)cc1[N+](=O)[O-]. The maximum Gasteiger partial charge on any atom is 0.283 e. The Labute approximate surface area is 126 Å². The van der Waals surface area contributed by atoms with E-state index < -0.39 is 10.8 Å². The van der Waals surface area contributed by atoms with Crippen LogP contribution in [-0.4, -0.2) is 10.8 Å².